The van der Waals surface area contributed by atoms with Crippen LogP contribution in [0, 0.1) is 0 Å². The zero-order chi connectivity index (χ0) is 54.3. The molecule has 0 N–H and O–H groups in total. The van der Waals surface area contributed by atoms with E-state index in [2.05, 4.69) is 191 Å². The number of rotatable bonds is 51. The van der Waals surface area contributed by atoms with E-state index in [1.54, 1.807) is 0 Å². The van der Waals surface area contributed by atoms with Crippen LogP contribution in [0.3, 0.4) is 0 Å². The summed E-state index contributed by atoms with van der Waals surface area (Å²) in [4.78, 5) is 37.9. The summed E-state index contributed by atoms with van der Waals surface area (Å²) in [5.41, 5.74) is 0. The van der Waals surface area contributed by atoms with Gasteiger partial charge in [-0.2, -0.15) is 0 Å². The van der Waals surface area contributed by atoms with E-state index in [0.717, 1.165) is 154 Å². The summed E-state index contributed by atoms with van der Waals surface area (Å²) in [5.74, 6) is -1.01. The first-order chi connectivity index (χ1) is 37.0. The lowest BCUT2D eigenvalue weighted by molar-refractivity contribution is -0.167. The first-order valence-electron chi connectivity index (χ1n) is 29.6. The van der Waals surface area contributed by atoms with Crippen molar-refractivity contribution in [2.45, 2.75) is 232 Å². The summed E-state index contributed by atoms with van der Waals surface area (Å²) in [6, 6.07) is 0. The van der Waals surface area contributed by atoms with Crippen molar-refractivity contribution in [3.63, 3.8) is 0 Å². The molecule has 0 aliphatic rings. The van der Waals surface area contributed by atoms with Crippen molar-refractivity contribution in [3.8, 4) is 0 Å². The van der Waals surface area contributed by atoms with Gasteiger partial charge in [0, 0.05) is 19.3 Å². The maximum Gasteiger partial charge on any atom is 0.306 e. The van der Waals surface area contributed by atoms with E-state index in [1.165, 1.54) is 25.7 Å². The molecular formula is C69H106O6. The van der Waals surface area contributed by atoms with E-state index in [-0.39, 0.29) is 37.5 Å². The van der Waals surface area contributed by atoms with Gasteiger partial charge in [-0.3, -0.25) is 14.4 Å². The van der Waals surface area contributed by atoms with E-state index in [1.807, 2.05) is 0 Å². The van der Waals surface area contributed by atoms with Crippen LogP contribution >= 0.6 is 0 Å². The second kappa shape index (κ2) is 61.3. The number of carbonyl (C=O) groups excluding carboxylic acids is 3. The molecule has 0 rings (SSSR count). The minimum atomic E-state index is -0.821. The summed E-state index contributed by atoms with van der Waals surface area (Å²) in [7, 11) is 0. The molecule has 418 valence electrons. The molecule has 75 heavy (non-hydrogen) atoms. The van der Waals surface area contributed by atoms with Gasteiger partial charge in [-0.15, -0.1) is 0 Å². The van der Waals surface area contributed by atoms with E-state index in [4.69, 9.17) is 14.2 Å². The molecule has 0 spiro atoms. The second-order valence-electron chi connectivity index (χ2n) is 18.8. The Balaban J connectivity index is 4.28. The molecule has 1 unspecified atom stereocenters. The molecule has 6 nitrogen and oxygen atoms in total. The number of hydrogen-bond acceptors (Lipinski definition) is 6. The number of ether oxygens (including phenoxy) is 3. The molecule has 1 atom stereocenters. The largest absolute Gasteiger partial charge is 0.462 e. The van der Waals surface area contributed by atoms with Crippen molar-refractivity contribution in [2.75, 3.05) is 13.2 Å². The molecule has 0 aliphatic heterocycles. The average molecular weight is 1030 g/mol. The Labute approximate surface area is 460 Å². The van der Waals surface area contributed by atoms with Gasteiger partial charge in [-0.05, 0) is 128 Å². The Bertz CT molecular complexity index is 1750. The van der Waals surface area contributed by atoms with Crippen LogP contribution in [0.5, 0.6) is 0 Å². The Hall–Kier alpha value is -5.23. The van der Waals surface area contributed by atoms with Crippen LogP contribution < -0.4 is 0 Å². The van der Waals surface area contributed by atoms with E-state index >= 15 is 0 Å². The fourth-order valence-electron chi connectivity index (χ4n) is 7.35. The molecule has 0 fully saturated rings. The van der Waals surface area contributed by atoms with E-state index in [9.17, 15) is 14.4 Å². The van der Waals surface area contributed by atoms with Crippen molar-refractivity contribution in [3.05, 3.63) is 170 Å². The second-order valence-corrected chi connectivity index (χ2v) is 18.8. The lowest BCUT2D eigenvalue weighted by Gasteiger charge is -2.18. The highest BCUT2D eigenvalue weighted by Gasteiger charge is 2.19. The molecule has 0 aromatic carbocycles. The number of hydrogen-bond donors (Lipinski definition) is 0. The summed E-state index contributed by atoms with van der Waals surface area (Å²) < 4.78 is 16.7. The highest BCUT2D eigenvalue weighted by atomic mass is 16.6. The SMILES string of the molecule is CC/C=C\C/C=C\C/C=C\C/C=C\C/C=C\C/C=C\C/C=C\C/C=C\C/C=C\CCCCCCCC(=O)OCC(COC(=O)CCCCCCCCC)OC(=O)CCC/C=C\C/C=C\C/C=C\C/C=C\C/C=C\CC. The van der Waals surface area contributed by atoms with Gasteiger partial charge in [0.1, 0.15) is 13.2 Å². The number of esters is 3. The minimum Gasteiger partial charge on any atom is -0.462 e. The molecule has 6 heteroatoms. The summed E-state index contributed by atoms with van der Waals surface area (Å²) >= 11 is 0. The molecule has 0 radical (unpaired) electrons. The Morgan fingerprint density at radius 1 is 0.280 bits per heavy atom. The van der Waals surface area contributed by atoms with Crippen LogP contribution in [0.2, 0.25) is 0 Å². The highest BCUT2D eigenvalue weighted by Crippen LogP contribution is 2.12. The van der Waals surface area contributed by atoms with Crippen molar-refractivity contribution in [1.82, 2.24) is 0 Å². The van der Waals surface area contributed by atoms with Crippen molar-refractivity contribution in [2.24, 2.45) is 0 Å². The molecule has 0 aromatic heterocycles. The number of allylic oxidation sites excluding steroid dienone is 28. The molecule has 0 bridgehead atoms. The monoisotopic (exact) mass is 1030 g/mol. The third-order valence-electron chi connectivity index (χ3n) is 11.7. The van der Waals surface area contributed by atoms with Gasteiger partial charge in [0.05, 0.1) is 0 Å². The molecule has 0 aromatic rings. The standard InChI is InChI=1S/C69H106O6/c1-4-7-10-13-16-18-20-22-24-26-27-28-29-30-31-32-33-34-35-36-37-38-39-40-41-43-44-46-48-50-53-56-59-62-68(71)74-65-66(64-73-67(70)61-58-55-52-15-12-9-6-3)75-69(72)63-60-57-54-51-49-47-45-42-25-23-21-19-17-14-11-8-5-2/h7-8,10-11,16-19,22-25,27-28,30-31,33-34,36-37,39-40,43-45,47,51,54,66H,4-6,9,12-15,20-21,26,29,32,35,38,41-42,46,48-50,52-53,55-65H2,1-3H3/b10-7-,11-8-,18-16-,19-17-,24-22-,25-23-,28-27-,31-30-,34-33-,37-36-,40-39-,44-43-,47-45-,54-51-. The van der Waals surface area contributed by atoms with Gasteiger partial charge in [-0.25, -0.2) is 0 Å². The molecule has 0 heterocycles. The fourth-order valence-corrected chi connectivity index (χ4v) is 7.35. The van der Waals surface area contributed by atoms with Crippen LogP contribution in [0.25, 0.3) is 0 Å². The van der Waals surface area contributed by atoms with Crippen molar-refractivity contribution < 1.29 is 28.6 Å². The quantitative estimate of drug-likeness (QED) is 0.0261. The van der Waals surface area contributed by atoms with Crippen LogP contribution in [-0.4, -0.2) is 37.2 Å². The van der Waals surface area contributed by atoms with Gasteiger partial charge >= 0.3 is 17.9 Å². The minimum absolute atomic E-state index is 0.114. The van der Waals surface area contributed by atoms with E-state index < -0.39 is 6.10 Å². The van der Waals surface area contributed by atoms with Crippen molar-refractivity contribution >= 4 is 17.9 Å². The fraction of sp³-hybridized carbons (Fsp3) is 0.551. The molecule has 0 aliphatic carbocycles. The zero-order valence-corrected chi connectivity index (χ0v) is 47.7. The first kappa shape index (κ1) is 69.8. The van der Waals surface area contributed by atoms with Crippen LogP contribution in [0.15, 0.2) is 170 Å². The van der Waals surface area contributed by atoms with Crippen LogP contribution in [0.4, 0.5) is 0 Å². The van der Waals surface area contributed by atoms with Gasteiger partial charge < -0.3 is 14.2 Å². The third kappa shape index (κ3) is 59.5. The smallest absolute Gasteiger partial charge is 0.306 e. The summed E-state index contributed by atoms with van der Waals surface area (Å²) in [6.07, 6.45) is 90.9. The first-order valence-corrected chi connectivity index (χ1v) is 29.6. The average Bonchev–Trinajstić information content (AvgIpc) is 3.41. The molecule has 0 amide bonds. The van der Waals surface area contributed by atoms with E-state index in [0.29, 0.717) is 19.3 Å². The predicted molar refractivity (Wildman–Crippen MR) is 325 cm³/mol. The van der Waals surface area contributed by atoms with Crippen molar-refractivity contribution in [1.29, 1.82) is 0 Å². The molecular weight excluding hydrogens is 925 g/mol. The topological polar surface area (TPSA) is 78.9 Å². The highest BCUT2D eigenvalue weighted by molar-refractivity contribution is 5.71. The van der Waals surface area contributed by atoms with Gasteiger partial charge in [0.25, 0.3) is 0 Å². The normalized spacial score (nSPS) is 13.4. The number of carbonyl (C=O) groups is 3. The summed E-state index contributed by atoms with van der Waals surface area (Å²) in [6.45, 7) is 6.28. The Morgan fingerprint density at radius 2 is 0.533 bits per heavy atom. The maximum atomic E-state index is 12.8. The third-order valence-corrected chi connectivity index (χ3v) is 11.7. The zero-order valence-electron chi connectivity index (χ0n) is 47.7. The van der Waals surface area contributed by atoms with Gasteiger partial charge in [-0.1, -0.05) is 249 Å². The van der Waals surface area contributed by atoms with Crippen LogP contribution in [0.1, 0.15) is 226 Å². The molecule has 0 saturated heterocycles. The van der Waals surface area contributed by atoms with Crippen LogP contribution in [-0.2, 0) is 28.6 Å². The van der Waals surface area contributed by atoms with Gasteiger partial charge in [0.2, 0.25) is 0 Å². The Kier molecular flexibility index (Phi) is 57.0. The summed E-state index contributed by atoms with van der Waals surface area (Å²) in [5, 5.41) is 0. The lowest BCUT2D eigenvalue weighted by Crippen LogP contribution is -2.30. The predicted octanol–water partition coefficient (Wildman–Crippen LogP) is 20.3. The van der Waals surface area contributed by atoms with Gasteiger partial charge in [0.15, 0.2) is 6.10 Å². The lowest BCUT2D eigenvalue weighted by atomic mass is 10.1. The number of unbranched alkanes of at least 4 members (excludes halogenated alkanes) is 12. The maximum absolute atomic E-state index is 12.8. The Morgan fingerprint density at radius 3 is 0.853 bits per heavy atom. The molecule has 0 saturated carbocycles.